The van der Waals surface area contributed by atoms with Gasteiger partial charge in [0.1, 0.15) is 0 Å². The Kier molecular flexibility index (Phi) is 3.93. The van der Waals surface area contributed by atoms with Gasteiger partial charge in [0.2, 0.25) is 5.91 Å². The third-order valence-corrected chi connectivity index (χ3v) is 2.94. The van der Waals surface area contributed by atoms with Crippen LogP contribution in [0.15, 0.2) is 0 Å². The molecule has 0 aromatic rings. The van der Waals surface area contributed by atoms with Gasteiger partial charge >= 0.3 is 0 Å². The fourth-order valence-corrected chi connectivity index (χ4v) is 2.00. The van der Waals surface area contributed by atoms with Crippen molar-refractivity contribution in [1.29, 1.82) is 0 Å². The fourth-order valence-electron chi connectivity index (χ4n) is 2.00. The van der Waals surface area contributed by atoms with Crippen LogP contribution in [0.4, 0.5) is 0 Å². The quantitative estimate of drug-likeness (QED) is 0.677. The third kappa shape index (κ3) is 2.47. The first-order chi connectivity index (χ1) is 6.56. The first kappa shape index (κ1) is 11.5. The summed E-state index contributed by atoms with van der Waals surface area (Å²) in [4.78, 5) is 13.8. The topological polar surface area (TPSA) is 29.5 Å². The average molecular weight is 199 g/mol. The Bertz CT molecular complexity index is 203. The Morgan fingerprint density at radius 3 is 2.57 bits per heavy atom. The molecule has 0 aromatic carbocycles. The van der Waals surface area contributed by atoms with Crippen molar-refractivity contribution in [3.05, 3.63) is 0 Å². The van der Waals surface area contributed by atoms with Crippen LogP contribution in [0.2, 0.25) is 0 Å². The van der Waals surface area contributed by atoms with Crippen LogP contribution in [-0.4, -0.2) is 36.6 Å². The number of piperidine rings is 1. The van der Waals surface area contributed by atoms with E-state index in [2.05, 4.69) is 6.92 Å². The molecule has 1 heterocycles. The zero-order valence-electron chi connectivity index (χ0n) is 9.62. The summed E-state index contributed by atoms with van der Waals surface area (Å²) in [6.07, 6.45) is 2.27. The van der Waals surface area contributed by atoms with Crippen molar-refractivity contribution in [3.63, 3.8) is 0 Å². The van der Waals surface area contributed by atoms with Crippen molar-refractivity contribution in [3.8, 4) is 0 Å². The molecule has 3 nitrogen and oxygen atoms in total. The summed E-state index contributed by atoms with van der Waals surface area (Å²) in [6, 6.07) is 0.323. The molecular weight excluding hydrogens is 178 g/mol. The zero-order valence-corrected chi connectivity index (χ0v) is 9.62. The van der Waals surface area contributed by atoms with E-state index in [1.807, 2.05) is 18.7 Å². The number of methoxy groups -OCH3 is 1. The largest absolute Gasteiger partial charge is 0.381 e. The number of carbonyl (C=O) groups is 1. The molecule has 2 atom stereocenters. The van der Waals surface area contributed by atoms with E-state index in [-0.39, 0.29) is 11.8 Å². The summed E-state index contributed by atoms with van der Waals surface area (Å²) in [5.41, 5.74) is 0. The van der Waals surface area contributed by atoms with E-state index in [1.165, 1.54) is 0 Å². The highest BCUT2D eigenvalue weighted by atomic mass is 16.5. The van der Waals surface area contributed by atoms with Gasteiger partial charge in [0.25, 0.3) is 0 Å². The Hall–Kier alpha value is -0.570. The minimum Gasteiger partial charge on any atom is -0.381 e. The van der Waals surface area contributed by atoms with Gasteiger partial charge in [-0.25, -0.2) is 0 Å². The lowest BCUT2D eigenvalue weighted by Crippen LogP contribution is -2.47. The molecule has 1 aliphatic rings. The molecule has 0 aromatic heterocycles. The highest BCUT2D eigenvalue weighted by Crippen LogP contribution is 2.20. The molecule has 2 unspecified atom stereocenters. The molecule has 1 aliphatic heterocycles. The lowest BCUT2D eigenvalue weighted by Gasteiger charge is -2.38. The van der Waals surface area contributed by atoms with Crippen molar-refractivity contribution in [2.45, 2.75) is 45.8 Å². The molecule has 0 radical (unpaired) electrons. The second-order valence-corrected chi connectivity index (χ2v) is 4.42. The number of hydrogen-bond acceptors (Lipinski definition) is 2. The van der Waals surface area contributed by atoms with Crippen LogP contribution >= 0.6 is 0 Å². The number of hydrogen-bond donors (Lipinski definition) is 0. The summed E-state index contributed by atoms with van der Waals surface area (Å²) >= 11 is 0. The van der Waals surface area contributed by atoms with Gasteiger partial charge in [-0.15, -0.1) is 0 Å². The summed E-state index contributed by atoms with van der Waals surface area (Å²) in [5, 5.41) is 0. The molecule has 1 amide bonds. The number of rotatable bonds is 2. The van der Waals surface area contributed by atoms with Gasteiger partial charge in [0.15, 0.2) is 0 Å². The molecule has 1 saturated heterocycles. The Morgan fingerprint density at radius 1 is 1.50 bits per heavy atom. The molecule has 1 fully saturated rings. The van der Waals surface area contributed by atoms with E-state index in [4.69, 9.17) is 4.74 Å². The van der Waals surface area contributed by atoms with E-state index in [0.29, 0.717) is 12.1 Å². The predicted molar refractivity (Wildman–Crippen MR) is 56.0 cm³/mol. The van der Waals surface area contributed by atoms with Crippen molar-refractivity contribution >= 4 is 5.91 Å². The first-order valence-electron chi connectivity index (χ1n) is 5.39. The molecular formula is C11H21NO2. The monoisotopic (exact) mass is 199 g/mol. The Balaban J connectivity index is 2.53. The van der Waals surface area contributed by atoms with Crippen LogP contribution in [0.1, 0.15) is 33.6 Å². The highest BCUT2D eigenvalue weighted by Gasteiger charge is 2.29. The lowest BCUT2D eigenvalue weighted by atomic mass is 9.99. The summed E-state index contributed by atoms with van der Waals surface area (Å²) in [5.74, 6) is 0.378. The van der Waals surface area contributed by atoms with Gasteiger partial charge in [-0.3, -0.25) is 4.79 Å². The number of carbonyl (C=O) groups excluding carboxylic acids is 1. The minimum absolute atomic E-state index is 0.108. The summed E-state index contributed by atoms with van der Waals surface area (Å²) < 4.78 is 5.31. The maximum absolute atomic E-state index is 11.8. The molecule has 3 heteroatoms. The predicted octanol–water partition coefficient (Wildman–Crippen LogP) is 1.67. The maximum Gasteiger partial charge on any atom is 0.225 e. The molecule has 82 valence electrons. The van der Waals surface area contributed by atoms with E-state index < -0.39 is 0 Å². The fraction of sp³-hybridized carbons (Fsp3) is 0.909. The Morgan fingerprint density at radius 2 is 2.14 bits per heavy atom. The SMILES string of the molecule is COC1CCN(C(=O)C(C)C)C(C)C1. The van der Waals surface area contributed by atoms with Crippen molar-refractivity contribution in [2.75, 3.05) is 13.7 Å². The summed E-state index contributed by atoms with van der Waals surface area (Å²) in [7, 11) is 1.75. The lowest BCUT2D eigenvalue weighted by molar-refractivity contribution is -0.139. The number of likely N-dealkylation sites (tertiary alicyclic amines) is 1. The van der Waals surface area contributed by atoms with Gasteiger partial charge in [0.05, 0.1) is 6.10 Å². The van der Waals surface area contributed by atoms with Crippen LogP contribution < -0.4 is 0 Å². The van der Waals surface area contributed by atoms with Crippen molar-refractivity contribution in [1.82, 2.24) is 4.90 Å². The van der Waals surface area contributed by atoms with Crippen LogP contribution in [-0.2, 0) is 9.53 Å². The maximum atomic E-state index is 11.8. The van der Waals surface area contributed by atoms with Gasteiger partial charge in [-0.1, -0.05) is 13.8 Å². The summed E-state index contributed by atoms with van der Waals surface area (Å²) in [6.45, 7) is 6.86. The van der Waals surface area contributed by atoms with Crippen LogP contribution in [0, 0.1) is 5.92 Å². The van der Waals surface area contributed by atoms with Crippen LogP contribution in [0.3, 0.4) is 0 Å². The highest BCUT2D eigenvalue weighted by molar-refractivity contribution is 5.78. The van der Waals surface area contributed by atoms with Gasteiger partial charge < -0.3 is 9.64 Å². The molecule has 0 N–H and O–H groups in total. The molecule has 0 aliphatic carbocycles. The standard InChI is InChI=1S/C11H21NO2/c1-8(2)11(13)12-6-5-10(14-4)7-9(12)3/h8-10H,5-7H2,1-4H3. The molecule has 0 saturated carbocycles. The average Bonchev–Trinajstić information content (AvgIpc) is 2.16. The Labute approximate surface area is 86.4 Å². The van der Waals surface area contributed by atoms with Crippen molar-refractivity contribution in [2.24, 2.45) is 5.92 Å². The molecule has 14 heavy (non-hydrogen) atoms. The number of nitrogens with zero attached hydrogens (tertiary/aromatic N) is 1. The molecule has 1 rings (SSSR count). The second kappa shape index (κ2) is 4.78. The molecule has 0 spiro atoms. The van der Waals surface area contributed by atoms with E-state index in [1.54, 1.807) is 7.11 Å². The zero-order chi connectivity index (χ0) is 10.7. The first-order valence-corrected chi connectivity index (χ1v) is 5.39. The third-order valence-electron chi connectivity index (χ3n) is 2.94. The van der Waals surface area contributed by atoms with E-state index in [9.17, 15) is 4.79 Å². The molecule has 0 bridgehead atoms. The van der Waals surface area contributed by atoms with Crippen LogP contribution in [0.25, 0.3) is 0 Å². The minimum atomic E-state index is 0.108. The number of ether oxygens (including phenoxy) is 1. The second-order valence-electron chi connectivity index (χ2n) is 4.42. The van der Waals surface area contributed by atoms with Gasteiger partial charge in [-0.05, 0) is 19.8 Å². The normalized spacial score (nSPS) is 28.2. The van der Waals surface area contributed by atoms with Crippen LogP contribution in [0.5, 0.6) is 0 Å². The van der Waals surface area contributed by atoms with E-state index in [0.717, 1.165) is 19.4 Å². The van der Waals surface area contributed by atoms with Gasteiger partial charge in [0, 0.05) is 25.6 Å². The number of amides is 1. The van der Waals surface area contributed by atoms with Crippen molar-refractivity contribution < 1.29 is 9.53 Å². The van der Waals surface area contributed by atoms with Gasteiger partial charge in [-0.2, -0.15) is 0 Å². The smallest absolute Gasteiger partial charge is 0.225 e. The van der Waals surface area contributed by atoms with E-state index >= 15 is 0 Å².